The molecule has 0 aromatic heterocycles. The SMILES string of the molecule is COC1(OC)C[CH]CC(OC)(OC)N1. The second-order valence-corrected chi connectivity index (χ2v) is 3.14. The molecule has 1 aliphatic rings. The number of hydrogen-bond donors (Lipinski definition) is 1. The second-order valence-electron chi connectivity index (χ2n) is 3.14. The molecule has 5 nitrogen and oxygen atoms in total. The average molecular weight is 204 g/mol. The molecule has 1 radical (unpaired) electrons. The minimum absolute atomic E-state index is 0.647. The van der Waals surface area contributed by atoms with E-state index >= 15 is 0 Å². The highest BCUT2D eigenvalue weighted by atomic mass is 16.7. The van der Waals surface area contributed by atoms with E-state index in [1.807, 2.05) is 6.42 Å². The molecule has 1 heterocycles. The minimum atomic E-state index is -0.857. The highest BCUT2D eigenvalue weighted by Crippen LogP contribution is 2.30. The average Bonchev–Trinajstić information content (AvgIpc) is 2.29. The molecule has 0 unspecified atom stereocenters. The van der Waals surface area contributed by atoms with E-state index < -0.39 is 11.8 Å². The molecule has 0 atom stereocenters. The number of hydrogen-bond acceptors (Lipinski definition) is 5. The van der Waals surface area contributed by atoms with Crippen LogP contribution in [0.4, 0.5) is 0 Å². The lowest BCUT2D eigenvalue weighted by Crippen LogP contribution is -2.64. The number of ether oxygens (including phenoxy) is 4. The molecular formula is C9H18NO4. The molecule has 1 fully saturated rings. The molecule has 14 heavy (non-hydrogen) atoms. The van der Waals surface area contributed by atoms with Crippen LogP contribution in [0.15, 0.2) is 0 Å². The largest absolute Gasteiger partial charge is 0.341 e. The van der Waals surface area contributed by atoms with Gasteiger partial charge in [0.1, 0.15) is 0 Å². The van der Waals surface area contributed by atoms with E-state index in [1.165, 1.54) is 0 Å². The van der Waals surface area contributed by atoms with Crippen molar-refractivity contribution in [2.24, 2.45) is 0 Å². The van der Waals surface area contributed by atoms with Crippen molar-refractivity contribution in [1.29, 1.82) is 0 Å². The maximum absolute atomic E-state index is 5.26. The summed E-state index contributed by atoms with van der Waals surface area (Å²) in [7, 11) is 6.30. The van der Waals surface area contributed by atoms with Gasteiger partial charge in [-0.05, 0) is 6.42 Å². The zero-order valence-electron chi connectivity index (χ0n) is 9.12. The summed E-state index contributed by atoms with van der Waals surface area (Å²) < 4.78 is 21.0. The standard InChI is InChI=1S/C9H18NO4/c1-11-8(12-2)6-5-7-9(10-8,13-3)14-4/h5,10H,6-7H2,1-4H3. The quantitative estimate of drug-likeness (QED) is 0.674. The van der Waals surface area contributed by atoms with Crippen LogP contribution in [0, 0.1) is 6.42 Å². The minimum Gasteiger partial charge on any atom is -0.341 e. The third-order valence-corrected chi connectivity index (χ3v) is 2.53. The van der Waals surface area contributed by atoms with Gasteiger partial charge in [-0.2, -0.15) is 0 Å². The maximum atomic E-state index is 5.26. The number of nitrogens with one attached hydrogen (secondary N) is 1. The van der Waals surface area contributed by atoms with E-state index in [0.717, 1.165) is 0 Å². The molecule has 0 aliphatic carbocycles. The zero-order valence-corrected chi connectivity index (χ0v) is 9.12. The first-order valence-corrected chi connectivity index (χ1v) is 4.47. The topological polar surface area (TPSA) is 49.0 Å². The molecule has 1 saturated heterocycles. The molecule has 83 valence electrons. The Morgan fingerprint density at radius 2 is 1.21 bits per heavy atom. The van der Waals surface area contributed by atoms with E-state index in [4.69, 9.17) is 18.9 Å². The molecule has 0 bridgehead atoms. The Labute approximate surface area is 84.7 Å². The Morgan fingerprint density at radius 1 is 0.857 bits per heavy atom. The lowest BCUT2D eigenvalue weighted by molar-refractivity contribution is -0.332. The summed E-state index contributed by atoms with van der Waals surface area (Å²) in [6, 6.07) is 0. The number of methoxy groups -OCH3 is 4. The summed E-state index contributed by atoms with van der Waals surface area (Å²) in [6.45, 7) is 0. The molecule has 0 aromatic rings. The lowest BCUT2D eigenvalue weighted by atomic mass is 10.1. The van der Waals surface area contributed by atoms with Gasteiger partial charge in [-0.1, -0.05) is 0 Å². The number of piperidine rings is 1. The molecule has 1 N–H and O–H groups in total. The molecule has 1 aliphatic heterocycles. The van der Waals surface area contributed by atoms with Crippen molar-refractivity contribution in [2.75, 3.05) is 28.4 Å². The first-order valence-electron chi connectivity index (χ1n) is 4.47. The van der Waals surface area contributed by atoms with Gasteiger partial charge in [0.25, 0.3) is 0 Å². The summed E-state index contributed by atoms with van der Waals surface area (Å²) in [5, 5.41) is 3.06. The fourth-order valence-electron chi connectivity index (χ4n) is 1.55. The van der Waals surface area contributed by atoms with Crippen molar-refractivity contribution < 1.29 is 18.9 Å². The summed E-state index contributed by atoms with van der Waals surface area (Å²) in [6.07, 6.45) is 3.30. The van der Waals surface area contributed by atoms with Crippen LogP contribution in [0.1, 0.15) is 12.8 Å². The summed E-state index contributed by atoms with van der Waals surface area (Å²) >= 11 is 0. The predicted octanol–water partition coefficient (Wildman–Crippen LogP) is 0.467. The highest BCUT2D eigenvalue weighted by molar-refractivity contribution is 4.91. The Balaban J connectivity index is 2.75. The van der Waals surface area contributed by atoms with Crippen LogP contribution in [0.25, 0.3) is 0 Å². The van der Waals surface area contributed by atoms with Crippen molar-refractivity contribution in [3.63, 3.8) is 0 Å². The van der Waals surface area contributed by atoms with Crippen molar-refractivity contribution in [3.8, 4) is 0 Å². The normalized spacial score (nSPS) is 24.9. The first kappa shape index (κ1) is 11.9. The molecule has 5 heteroatoms. The third kappa shape index (κ3) is 2.07. The molecule has 0 amide bonds. The number of rotatable bonds is 4. The summed E-state index contributed by atoms with van der Waals surface area (Å²) in [5.41, 5.74) is 0. The van der Waals surface area contributed by atoms with Crippen molar-refractivity contribution in [2.45, 2.75) is 24.7 Å². The highest BCUT2D eigenvalue weighted by Gasteiger charge is 2.45. The third-order valence-electron chi connectivity index (χ3n) is 2.53. The van der Waals surface area contributed by atoms with Gasteiger partial charge in [0.05, 0.1) is 0 Å². The van der Waals surface area contributed by atoms with Crippen LogP contribution < -0.4 is 5.32 Å². The van der Waals surface area contributed by atoms with Crippen molar-refractivity contribution in [1.82, 2.24) is 5.32 Å². The second kappa shape index (κ2) is 4.55. The van der Waals surface area contributed by atoms with Crippen LogP contribution in [0.3, 0.4) is 0 Å². The van der Waals surface area contributed by atoms with Gasteiger partial charge in [-0.15, -0.1) is 0 Å². The maximum Gasteiger partial charge on any atom is 0.231 e. The molecule has 1 rings (SSSR count). The van der Waals surface area contributed by atoms with Crippen molar-refractivity contribution in [3.05, 3.63) is 6.42 Å². The van der Waals surface area contributed by atoms with Crippen LogP contribution in [-0.4, -0.2) is 40.3 Å². The van der Waals surface area contributed by atoms with E-state index in [0.29, 0.717) is 12.8 Å². The zero-order chi connectivity index (χ0) is 10.7. The van der Waals surface area contributed by atoms with Crippen LogP contribution >= 0.6 is 0 Å². The van der Waals surface area contributed by atoms with Crippen LogP contribution in [0.2, 0.25) is 0 Å². The molecule has 0 aromatic carbocycles. The van der Waals surface area contributed by atoms with E-state index in [2.05, 4.69) is 5.32 Å². The lowest BCUT2D eigenvalue weighted by Gasteiger charge is -2.45. The van der Waals surface area contributed by atoms with E-state index in [1.54, 1.807) is 28.4 Å². The Bertz CT molecular complexity index is 160. The smallest absolute Gasteiger partial charge is 0.231 e. The summed E-state index contributed by atoms with van der Waals surface area (Å²) in [5.74, 6) is -1.71. The van der Waals surface area contributed by atoms with Crippen LogP contribution in [0.5, 0.6) is 0 Å². The van der Waals surface area contributed by atoms with E-state index in [9.17, 15) is 0 Å². The fourth-order valence-corrected chi connectivity index (χ4v) is 1.55. The first-order chi connectivity index (χ1) is 6.66. The van der Waals surface area contributed by atoms with Crippen LogP contribution in [-0.2, 0) is 18.9 Å². The Hall–Kier alpha value is -0.200. The predicted molar refractivity (Wildman–Crippen MR) is 50.2 cm³/mol. The van der Waals surface area contributed by atoms with Gasteiger partial charge in [0.2, 0.25) is 11.8 Å². The van der Waals surface area contributed by atoms with Gasteiger partial charge in [-0.25, -0.2) is 5.32 Å². The van der Waals surface area contributed by atoms with Gasteiger partial charge >= 0.3 is 0 Å². The molecule has 0 saturated carbocycles. The van der Waals surface area contributed by atoms with Gasteiger partial charge in [0.15, 0.2) is 0 Å². The summed E-state index contributed by atoms with van der Waals surface area (Å²) in [4.78, 5) is 0. The monoisotopic (exact) mass is 204 g/mol. The van der Waals surface area contributed by atoms with Gasteiger partial charge < -0.3 is 18.9 Å². The molecular weight excluding hydrogens is 186 g/mol. The molecule has 0 spiro atoms. The van der Waals surface area contributed by atoms with Gasteiger partial charge in [0, 0.05) is 41.3 Å². The Kier molecular flexibility index (Phi) is 3.86. The fraction of sp³-hybridized carbons (Fsp3) is 0.889. The van der Waals surface area contributed by atoms with Crippen molar-refractivity contribution >= 4 is 0 Å². The Morgan fingerprint density at radius 3 is 1.50 bits per heavy atom. The van der Waals surface area contributed by atoms with Gasteiger partial charge in [-0.3, -0.25) is 0 Å². The van der Waals surface area contributed by atoms with E-state index in [-0.39, 0.29) is 0 Å².